The van der Waals surface area contributed by atoms with Gasteiger partial charge >= 0.3 is 0 Å². The van der Waals surface area contributed by atoms with Gasteiger partial charge in [-0.15, -0.1) is 0 Å². The maximum absolute atomic E-state index is 14.5. The fourth-order valence-corrected chi connectivity index (χ4v) is 6.65. The summed E-state index contributed by atoms with van der Waals surface area (Å²) in [5, 5.41) is 3.94. The zero-order chi connectivity index (χ0) is 32.6. The van der Waals surface area contributed by atoms with Crippen LogP contribution in [0.2, 0.25) is 15.1 Å². The molecule has 11 heteroatoms. The molecule has 1 N–H and O–H groups in total. The largest absolute Gasteiger partial charge is 0.354 e. The van der Waals surface area contributed by atoms with Crippen LogP contribution in [0, 0.1) is 6.92 Å². The van der Waals surface area contributed by atoms with Gasteiger partial charge in [0.15, 0.2) is 0 Å². The second kappa shape index (κ2) is 15.6. The van der Waals surface area contributed by atoms with Gasteiger partial charge in [0.25, 0.3) is 10.0 Å². The van der Waals surface area contributed by atoms with Crippen molar-refractivity contribution in [1.82, 2.24) is 10.2 Å². The van der Waals surface area contributed by atoms with Gasteiger partial charge in [-0.2, -0.15) is 0 Å². The van der Waals surface area contributed by atoms with E-state index in [4.69, 9.17) is 34.8 Å². The van der Waals surface area contributed by atoms with Crippen LogP contribution in [-0.4, -0.2) is 44.3 Å². The summed E-state index contributed by atoms with van der Waals surface area (Å²) < 4.78 is 29.2. The van der Waals surface area contributed by atoms with E-state index < -0.39 is 28.5 Å². The summed E-state index contributed by atoms with van der Waals surface area (Å²) in [6.45, 7) is 3.60. The predicted molar refractivity (Wildman–Crippen MR) is 181 cm³/mol. The minimum atomic E-state index is -4.23. The van der Waals surface area contributed by atoms with Gasteiger partial charge in [0.2, 0.25) is 11.8 Å². The number of benzene rings is 4. The zero-order valence-corrected chi connectivity index (χ0v) is 28.0. The van der Waals surface area contributed by atoms with E-state index in [0.717, 1.165) is 15.4 Å². The van der Waals surface area contributed by atoms with Crippen molar-refractivity contribution in [1.29, 1.82) is 0 Å². The highest BCUT2D eigenvalue weighted by molar-refractivity contribution is 7.92. The second-order valence-electron chi connectivity index (χ2n) is 10.6. The van der Waals surface area contributed by atoms with Crippen LogP contribution in [-0.2, 0) is 32.6 Å². The molecule has 0 aromatic heterocycles. The summed E-state index contributed by atoms with van der Waals surface area (Å²) >= 11 is 18.5. The molecule has 0 saturated carbocycles. The van der Waals surface area contributed by atoms with E-state index in [1.165, 1.54) is 29.2 Å². The summed E-state index contributed by atoms with van der Waals surface area (Å²) in [5.74, 6) is -0.926. The summed E-state index contributed by atoms with van der Waals surface area (Å²) in [5.41, 5.74) is 2.58. The number of halogens is 3. The summed E-state index contributed by atoms with van der Waals surface area (Å²) in [6.07, 6.45) is 0.906. The molecule has 4 aromatic carbocycles. The third kappa shape index (κ3) is 9.01. The third-order valence-corrected chi connectivity index (χ3v) is 9.91. The molecule has 0 bridgehead atoms. The molecule has 1 atom stereocenters. The van der Waals surface area contributed by atoms with Crippen LogP contribution in [0.3, 0.4) is 0 Å². The van der Waals surface area contributed by atoms with Crippen molar-refractivity contribution in [2.75, 3.05) is 17.4 Å². The van der Waals surface area contributed by atoms with Crippen molar-refractivity contribution < 1.29 is 18.0 Å². The third-order valence-electron chi connectivity index (χ3n) is 7.13. The Morgan fingerprint density at radius 1 is 0.822 bits per heavy atom. The zero-order valence-electron chi connectivity index (χ0n) is 24.9. The van der Waals surface area contributed by atoms with E-state index in [1.54, 1.807) is 36.4 Å². The average molecular weight is 687 g/mol. The van der Waals surface area contributed by atoms with Gasteiger partial charge in [-0.05, 0) is 78.6 Å². The van der Waals surface area contributed by atoms with Gasteiger partial charge in [0, 0.05) is 24.5 Å². The standard InChI is InChI=1S/C34H34Cl3N3O4S/c1-3-18-38-34(42)32(21-25-9-5-4-6-10-25)39(22-26-12-17-30(36)31(37)20-26)33(41)23-40(28-11-7-8-24(2)19-28)45(43,44)29-15-13-27(35)14-16-29/h4-17,19-20,32H,3,18,21-23H2,1-2H3,(H,38,42). The number of nitrogens with zero attached hydrogens (tertiary/aromatic N) is 2. The molecule has 0 heterocycles. The number of nitrogens with one attached hydrogen (secondary N) is 1. The normalized spacial score (nSPS) is 11.9. The smallest absolute Gasteiger partial charge is 0.264 e. The number of amides is 2. The van der Waals surface area contributed by atoms with Crippen LogP contribution in [0.1, 0.15) is 30.0 Å². The molecule has 236 valence electrons. The molecule has 4 aromatic rings. The Bertz CT molecular complexity index is 1740. The Labute approximate surface area is 279 Å². The van der Waals surface area contributed by atoms with Crippen molar-refractivity contribution in [3.05, 3.63) is 129 Å². The van der Waals surface area contributed by atoms with E-state index in [2.05, 4.69) is 5.32 Å². The molecule has 0 aliphatic rings. The van der Waals surface area contributed by atoms with E-state index in [1.807, 2.05) is 50.2 Å². The summed E-state index contributed by atoms with van der Waals surface area (Å²) in [4.78, 5) is 29.6. The first-order chi connectivity index (χ1) is 21.5. The Hall–Kier alpha value is -3.56. The van der Waals surface area contributed by atoms with Crippen LogP contribution < -0.4 is 9.62 Å². The highest BCUT2D eigenvalue weighted by Crippen LogP contribution is 2.28. The molecule has 0 radical (unpaired) electrons. The fourth-order valence-electron chi connectivity index (χ4n) is 4.80. The minimum absolute atomic E-state index is 0.0184. The van der Waals surface area contributed by atoms with Gasteiger partial charge in [-0.1, -0.05) is 90.3 Å². The molecule has 0 aliphatic heterocycles. The van der Waals surface area contributed by atoms with Crippen molar-refractivity contribution in [2.24, 2.45) is 0 Å². The predicted octanol–water partition coefficient (Wildman–Crippen LogP) is 7.32. The van der Waals surface area contributed by atoms with Crippen LogP contribution in [0.25, 0.3) is 0 Å². The Kier molecular flexibility index (Phi) is 11.9. The summed E-state index contributed by atoms with van der Waals surface area (Å²) in [7, 11) is -4.23. The van der Waals surface area contributed by atoms with Crippen LogP contribution in [0.4, 0.5) is 5.69 Å². The van der Waals surface area contributed by atoms with Crippen LogP contribution in [0.5, 0.6) is 0 Å². The number of carbonyl (C=O) groups excluding carboxylic acids is 2. The first-order valence-corrected chi connectivity index (χ1v) is 17.0. The molecule has 0 saturated heterocycles. The second-order valence-corrected chi connectivity index (χ2v) is 13.7. The fraction of sp³-hybridized carbons (Fsp3) is 0.235. The van der Waals surface area contributed by atoms with Crippen LogP contribution >= 0.6 is 34.8 Å². The number of carbonyl (C=O) groups is 2. The van der Waals surface area contributed by atoms with Gasteiger partial charge in [0.1, 0.15) is 12.6 Å². The maximum Gasteiger partial charge on any atom is 0.264 e. The van der Waals surface area contributed by atoms with Gasteiger partial charge in [-0.3, -0.25) is 13.9 Å². The number of anilines is 1. The van der Waals surface area contributed by atoms with Gasteiger partial charge in [-0.25, -0.2) is 8.42 Å². The molecule has 45 heavy (non-hydrogen) atoms. The lowest BCUT2D eigenvalue weighted by Gasteiger charge is -2.34. The highest BCUT2D eigenvalue weighted by atomic mass is 35.5. The molecule has 0 aliphatic carbocycles. The first-order valence-electron chi connectivity index (χ1n) is 14.4. The lowest BCUT2D eigenvalue weighted by molar-refractivity contribution is -0.140. The van der Waals surface area contributed by atoms with E-state index >= 15 is 0 Å². The molecule has 7 nitrogen and oxygen atoms in total. The van der Waals surface area contributed by atoms with Gasteiger partial charge in [0.05, 0.1) is 20.6 Å². The molecule has 1 unspecified atom stereocenters. The Morgan fingerprint density at radius 2 is 1.53 bits per heavy atom. The number of aryl methyl sites for hydroxylation is 1. The monoisotopic (exact) mass is 685 g/mol. The van der Waals surface area contributed by atoms with E-state index in [0.29, 0.717) is 39.3 Å². The SMILES string of the molecule is CCCNC(=O)C(Cc1ccccc1)N(Cc1ccc(Cl)c(Cl)c1)C(=O)CN(c1cccc(C)c1)S(=O)(=O)c1ccc(Cl)cc1. The van der Waals surface area contributed by atoms with E-state index in [-0.39, 0.29) is 23.8 Å². The van der Waals surface area contributed by atoms with Crippen molar-refractivity contribution in [3.8, 4) is 0 Å². The number of rotatable bonds is 13. The number of hydrogen-bond donors (Lipinski definition) is 1. The quantitative estimate of drug-likeness (QED) is 0.160. The lowest BCUT2D eigenvalue weighted by atomic mass is 10.0. The Balaban J connectivity index is 1.81. The molecular weight excluding hydrogens is 653 g/mol. The van der Waals surface area contributed by atoms with E-state index in [9.17, 15) is 18.0 Å². The molecule has 0 spiro atoms. The Morgan fingerprint density at radius 3 is 2.18 bits per heavy atom. The lowest BCUT2D eigenvalue weighted by Crippen LogP contribution is -2.53. The topological polar surface area (TPSA) is 86.8 Å². The molecular formula is C34H34Cl3N3O4S. The average Bonchev–Trinajstić information content (AvgIpc) is 3.02. The van der Waals surface area contributed by atoms with Crippen LogP contribution in [0.15, 0.2) is 102 Å². The van der Waals surface area contributed by atoms with Crippen molar-refractivity contribution in [2.45, 2.75) is 44.2 Å². The highest BCUT2D eigenvalue weighted by Gasteiger charge is 2.34. The molecule has 0 fully saturated rings. The van der Waals surface area contributed by atoms with Crippen molar-refractivity contribution in [3.63, 3.8) is 0 Å². The minimum Gasteiger partial charge on any atom is -0.354 e. The molecule has 2 amide bonds. The number of hydrogen-bond acceptors (Lipinski definition) is 4. The molecule has 4 rings (SSSR count). The summed E-state index contributed by atoms with van der Waals surface area (Å²) in [6, 6.07) is 26.0. The van der Waals surface area contributed by atoms with Crippen molar-refractivity contribution >= 4 is 62.3 Å². The maximum atomic E-state index is 14.5. The first kappa shape index (κ1) is 34.3. The van der Waals surface area contributed by atoms with Gasteiger partial charge < -0.3 is 10.2 Å². The number of sulfonamides is 1.